The van der Waals surface area contributed by atoms with Crippen molar-refractivity contribution in [3.8, 4) is 5.75 Å². The van der Waals surface area contributed by atoms with E-state index in [0.717, 1.165) is 56.9 Å². The number of benzene rings is 2. The Kier molecular flexibility index (Phi) is 8.25. The van der Waals surface area contributed by atoms with E-state index in [4.69, 9.17) is 4.74 Å². The zero-order chi connectivity index (χ0) is 31.9. The molecule has 0 bridgehead atoms. The molecule has 0 aliphatic carbocycles. The largest absolute Gasteiger partial charge is 0.506 e. The van der Waals surface area contributed by atoms with Crippen LogP contribution in [-0.4, -0.2) is 70.8 Å². The van der Waals surface area contributed by atoms with Crippen LogP contribution in [0.3, 0.4) is 0 Å². The molecule has 1 atom stereocenters. The Labute approximate surface area is 260 Å². The standard InChI is InChI=1S/C32H38F3N7O3/c1-19-18-41(11-12-42(19)21-9-13-45-14-10-21)22-7-8-24(26(43)15-22)39-30-37-17-23(32(33,34)35)28(40-30)36-16-20-5-4-6-25-27(20)31(2,3)29(44)38-25/h4-8,15,17,19,21,43H,9-14,16,18H2,1-3H3,(H,38,44)(H2,36,37,39,40)/t19-/m1/s1. The van der Waals surface area contributed by atoms with E-state index in [0.29, 0.717) is 29.5 Å². The summed E-state index contributed by atoms with van der Waals surface area (Å²) < 4.78 is 47.3. The van der Waals surface area contributed by atoms with E-state index < -0.39 is 23.0 Å². The van der Waals surface area contributed by atoms with Crippen LogP contribution in [0.25, 0.3) is 0 Å². The third kappa shape index (κ3) is 6.23. The molecule has 2 aromatic carbocycles. The Bertz CT molecular complexity index is 1580. The predicted molar refractivity (Wildman–Crippen MR) is 166 cm³/mol. The molecule has 1 aromatic heterocycles. The number of amides is 1. The van der Waals surface area contributed by atoms with Crippen molar-refractivity contribution in [2.75, 3.05) is 53.7 Å². The van der Waals surface area contributed by atoms with E-state index in [9.17, 15) is 23.1 Å². The Morgan fingerprint density at radius 1 is 1.16 bits per heavy atom. The number of hydrogen-bond acceptors (Lipinski definition) is 9. The van der Waals surface area contributed by atoms with E-state index in [2.05, 4.69) is 42.6 Å². The number of rotatable bonds is 7. The zero-order valence-corrected chi connectivity index (χ0v) is 25.5. The molecule has 45 heavy (non-hydrogen) atoms. The zero-order valence-electron chi connectivity index (χ0n) is 25.5. The number of ether oxygens (including phenoxy) is 1. The van der Waals surface area contributed by atoms with Gasteiger partial charge < -0.3 is 30.7 Å². The highest BCUT2D eigenvalue weighted by Gasteiger charge is 2.40. The maximum absolute atomic E-state index is 13.9. The molecule has 1 amide bonds. The van der Waals surface area contributed by atoms with Crippen LogP contribution in [-0.2, 0) is 27.7 Å². The number of piperazine rings is 1. The predicted octanol–water partition coefficient (Wildman–Crippen LogP) is 5.48. The average Bonchev–Trinajstić information content (AvgIpc) is 3.24. The average molecular weight is 626 g/mol. The Balaban J connectivity index is 1.17. The third-order valence-corrected chi connectivity index (χ3v) is 9.06. The van der Waals surface area contributed by atoms with Crippen LogP contribution in [0.15, 0.2) is 42.6 Å². The van der Waals surface area contributed by atoms with Gasteiger partial charge in [0.25, 0.3) is 0 Å². The molecule has 3 aliphatic heterocycles. The second kappa shape index (κ2) is 12.0. The van der Waals surface area contributed by atoms with E-state index in [1.54, 1.807) is 44.2 Å². The SMILES string of the molecule is C[C@@H]1CN(c2ccc(Nc3ncc(C(F)(F)F)c(NCc4cccc5c4C(C)(C)C(=O)N5)n3)c(O)c2)CCN1C1CCOCC1. The van der Waals surface area contributed by atoms with Gasteiger partial charge >= 0.3 is 6.18 Å². The molecule has 0 unspecified atom stereocenters. The fraction of sp³-hybridized carbons (Fsp3) is 0.469. The molecule has 0 spiro atoms. The van der Waals surface area contributed by atoms with Gasteiger partial charge in [-0.15, -0.1) is 0 Å². The van der Waals surface area contributed by atoms with Crippen molar-refractivity contribution in [1.29, 1.82) is 0 Å². The number of carbonyl (C=O) groups excluding carboxylic acids is 1. The van der Waals surface area contributed by atoms with Gasteiger partial charge in [-0.1, -0.05) is 12.1 Å². The summed E-state index contributed by atoms with van der Waals surface area (Å²) in [6, 6.07) is 11.3. The molecule has 240 valence electrons. The van der Waals surface area contributed by atoms with Gasteiger partial charge in [0.15, 0.2) is 0 Å². The molecule has 10 nitrogen and oxygen atoms in total. The number of alkyl halides is 3. The Morgan fingerprint density at radius 3 is 2.64 bits per heavy atom. The maximum atomic E-state index is 13.9. The van der Waals surface area contributed by atoms with Crippen LogP contribution in [0.1, 0.15) is 50.3 Å². The lowest BCUT2D eigenvalue weighted by Gasteiger charge is -2.45. The van der Waals surface area contributed by atoms with Crippen LogP contribution < -0.4 is 20.9 Å². The number of hydrogen-bond donors (Lipinski definition) is 4. The number of phenolic OH excluding ortho intramolecular Hbond substituents is 1. The number of aromatic nitrogens is 2. The minimum Gasteiger partial charge on any atom is -0.506 e. The fourth-order valence-corrected chi connectivity index (χ4v) is 6.65. The summed E-state index contributed by atoms with van der Waals surface area (Å²) in [5, 5.41) is 19.4. The number of carbonyl (C=O) groups is 1. The number of phenols is 1. The van der Waals surface area contributed by atoms with Gasteiger partial charge in [0.1, 0.15) is 17.1 Å². The number of aromatic hydroxyl groups is 1. The number of nitrogens with one attached hydrogen (secondary N) is 3. The fourth-order valence-electron chi connectivity index (χ4n) is 6.65. The summed E-state index contributed by atoms with van der Waals surface area (Å²) in [5.74, 6) is -0.765. The van der Waals surface area contributed by atoms with E-state index >= 15 is 0 Å². The van der Waals surface area contributed by atoms with Gasteiger partial charge in [-0.3, -0.25) is 9.69 Å². The summed E-state index contributed by atoms with van der Waals surface area (Å²) in [7, 11) is 0. The van der Waals surface area contributed by atoms with E-state index in [-0.39, 0.29) is 29.8 Å². The minimum absolute atomic E-state index is 0.00124. The molecule has 0 saturated carbocycles. The van der Waals surface area contributed by atoms with Gasteiger partial charge in [0, 0.05) is 75.1 Å². The highest BCUT2D eigenvalue weighted by molar-refractivity contribution is 6.06. The molecule has 6 rings (SSSR count). The van der Waals surface area contributed by atoms with E-state index in [1.807, 2.05) is 6.07 Å². The molecule has 0 radical (unpaired) electrons. The van der Waals surface area contributed by atoms with Gasteiger partial charge in [-0.2, -0.15) is 18.2 Å². The maximum Gasteiger partial charge on any atom is 0.421 e. The number of fused-ring (bicyclic) bond motifs is 1. The first-order valence-corrected chi connectivity index (χ1v) is 15.2. The third-order valence-electron chi connectivity index (χ3n) is 9.06. The number of halogens is 3. The number of anilines is 5. The summed E-state index contributed by atoms with van der Waals surface area (Å²) in [6.07, 6.45) is -1.90. The first kappa shape index (κ1) is 30.9. The number of nitrogens with zero attached hydrogens (tertiary/aromatic N) is 4. The molecule has 4 N–H and O–H groups in total. The molecule has 2 saturated heterocycles. The normalized spacial score (nSPS) is 20.5. The van der Waals surface area contributed by atoms with Crippen molar-refractivity contribution in [3.63, 3.8) is 0 Å². The molecule has 2 fully saturated rings. The summed E-state index contributed by atoms with van der Waals surface area (Å²) in [4.78, 5) is 25.3. The van der Waals surface area contributed by atoms with Crippen molar-refractivity contribution < 1.29 is 27.8 Å². The van der Waals surface area contributed by atoms with Gasteiger partial charge in [0.05, 0.1) is 11.1 Å². The van der Waals surface area contributed by atoms with Gasteiger partial charge in [-0.25, -0.2) is 4.98 Å². The van der Waals surface area contributed by atoms with Gasteiger partial charge in [0.2, 0.25) is 11.9 Å². The second-order valence-electron chi connectivity index (χ2n) is 12.4. The van der Waals surface area contributed by atoms with Crippen molar-refractivity contribution >= 4 is 34.7 Å². The molecule has 3 aromatic rings. The first-order chi connectivity index (χ1) is 21.4. The molecular formula is C32H38F3N7O3. The molecule has 4 heterocycles. The molecule has 13 heteroatoms. The highest BCUT2D eigenvalue weighted by Crippen LogP contribution is 2.41. The van der Waals surface area contributed by atoms with Gasteiger partial charge in [-0.05, 0) is 62.9 Å². The van der Waals surface area contributed by atoms with Crippen LogP contribution in [0.4, 0.5) is 42.0 Å². The Morgan fingerprint density at radius 2 is 1.93 bits per heavy atom. The molecule has 3 aliphatic rings. The van der Waals surface area contributed by atoms with Crippen LogP contribution in [0, 0.1) is 0 Å². The summed E-state index contributed by atoms with van der Waals surface area (Å²) in [5.41, 5.74) is 1.31. The first-order valence-electron chi connectivity index (χ1n) is 15.2. The van der Waals surface area contributed by atoms with Crippen molar-refractivity contribution in [2.24, 2.45) is 0 Å². The lowest BCUT2D eigenvalue weighted by Crippen LogP contribution is -2.56. The lowest BCUT2D eigenvalue weighted by molar-refractivity contribution is -0.137. The smallest absolute Gasteiger partial charge is 0.421 e. The van der Waals surface area contributed by atoms with E-state index in [1.165, 1.54) is 0 Å². The topological polar surface area (TPSA) is 115 Å². The Hall–Kier alpha value is -4.10. The summed E-state index contributed by atoms with van der Waals surface area (Å²) >= 11 is 0. The van der Waals surface area contributed by atoms with Crippen molar-refractivity contribution in [1.82, 2.24) is 14.9 Å². The monoisotopic (exact) mass is 625 g/mol. The lowest BCUT2D eigenvalue weighted by atomic mass is 9.83. The quantitative estimate of drug-likeness (QED) is 0.254. The second-order valence-corrected chi connectivity index (χ2v) is 12.4. The van der Waals surface area contributed by atoms with Crippen LogP contribution in [0.2, 0.25) is 0 Å². The summed E-state index contributed by atoms with van der Waals surface area (Å²) in [6.45, 7) is 9.91. The minimum atomic E-state index is -4.70. The van der Waals surface area contributed by atoms with Crippen molar-refractivity contribution in [3.05, 3.63) is 59.3 Å². The van der Waals surface area contributed by atoms with Crippen LogP contribution >= 0.6 is 0 Å². The molecular weight excluding hydrogens is 587 g/mol. The highest BCUT2D eigenvalue weighted by atomic mass is 19.4. The van der Waals surface area contributed by atoms with Crippen LogP contribution in [0.5, 0.6) is 5.75 Å². The van der Waals surface area contributed by atoms with Crippen molar-refractivity contribution in [2.45, 2.75) is 63.8 Å².